The zero-order valence-corrected chi connectivity index (χ0v) is 10.0. The summed E-state index contributed by atoms with van der Waals surface area (Å²) in [4.78, 5) is 11.6. The Morgan fingerprint density at radius 1 is 1.38 bits per heavy atom. The molecule has 1 aliphatic heterocycles. The Morgan fingerprint density at radius 3 is 2.69 bits per heavy atom. The Kier molecular flexibility index (Phi) is 3.53. The maximum atomic E-state index is 11.6. The highest BCUT2D eigenvalue weighted by Crippen LogP contribution is 2.23. The highest BCUT2D eigenvalue weighted by molar-refractivity contribution is 6.76. The van der Waals surface area contributed by atoms with Crippen LogP contribution in [0.3, 0.4) is 0 Å². The lowest BCUT2D eigenvalue weighted by atomic mass is 10.1. The largest absolute Gasteiger partial charge is 0.356 e. The minimum atomic E-state index is -1.07. The minimum absolute atomic E-state index is 0.305. The van der Waals surface area contributed by atoms with Crippen LogP contribution in [-0.4, -0.2) is 20.5 Å². The van der Waals surface area contributed by atoms with Crippen molar-refractivity contribution in [3.8, 4) is 0 Å². The molecule has 1 N–H and O–H groups in total. The number of nitrogens with one attached hydrogen (secondary N) is 1. The van der Waals surface area contributed by atoms with Crippen molar-refractivity contribution in [3.05, 3.63) is 0 Å². The number of carbonyl (C=O) groups is 1. The smallest absolute Gasteiger partial charge is 0.222 e. The molecule has 0 bridgehead atoms. The molecule has 0 radical (unpaired) electrons. The molecular weight excluding hydrogens is 178 g/mol. The first kappa shape index (κ1) is 10.8. The van der Waals surface area contributed by atoms with Crippen LogP contribution in [0.4, 0.5) is 0 Å². The first-order chi connectivity index (χ1) is 5.99. The van der Waals surface area contributed by atoms with Crippen molar-refractivity contribution in [1.82, 2.24) is 5.32 Å². The van der Waals surface area contributed by atoms with Gasteiger partial charge in [-0.1, -0.05) is 26.1 Å². The number of amides is 1. The first-order valence-corrected chi connectivity index (χ1v) is 8.97. The molecule has 0 aromatic carbocycles. The van der Waals surface area contributed by atoms with Gasteiger partial charge in [0.25, 0.3) is 0 Å². The lowest BCUT2D eigenvalue weighted by Gasteiger charge is -2.22. The molecule has 0 spiro atoms. The third kappa shape index (κ3) is 3.94. The number of carbonyl (C=O) groups excluding carboxylic acids is 1. The van der Waals surface area contributed by atoms with Crippen molar-refractivity contribution in [3.63, 3.8) is 0 Å². The van der Waals surface area contributed by atoms with E-state index in [0.717, 1.165) is 25.4 Å². The van der Waals surface area contributed by atoms with E-state index >= 15 is 0 Å². The Labute approximate surface area is 82.1 Å². The number of rotatable bonds is 2. The van der Waals surface area contributed by atoms with Gasteiger partial charge in [-0.05, 0) is 18.9 Å². The highest BCUT2D eigenvalue weighted by Gasteiger charge is 2.26. The van der Waals surface area contributed by atoms with E-state index in [4.69, 9.17) is 0 Å². The second-order valence-electron chi connectivity index (χ2n) is 5.25. The molecule has 1 unspecified atom stereocenters. The molecule has 0 aromatic heterocycles. The van der Waals surface area contributed by atoms with Crippen molar-refractivity contribution in [2.45, 2.75) is 44.9 Å². The fourth-order valence-corrected chi connectivity index (χ4v) is 3.80. The molecule has 2 nitrogen and oxygen atoms in total. The Bertz CT molecular complexity index is 186. The predicted octanol–water partition coefficient (Wildman–Crippen LogP) is 2.24. The van der Waals surface area contributed by atoms with Gasteiger partial charge in [0.05, 0.1) is 0 Å². The molecule has 1 aliphatic rings. The van der Waals surface area contributed by atoms with E-state index < -0.39 is 8.07 Å². The van der Waals surface area contributed by atoms with E-state index in [0.29, 0.717) is 11.8 Å². The summed E-state index contributed by atoms with van der Waals surface area (Å²) in [6.07, 6.45) is 3.48. The predicted molar refractivity (Wildman–Crippen MR) is 58.5 cm³/mol. The molecular formula is C10H21NOSi. The fraction of sp³-hybridized carbons (Fsp3) is 0.900. The monoisotopic (exact) mass is 199 g/mol. The quantitative estimate of drug-likeness (QED) is 0.679. The van der Waals surface area contributed by atoms with Crippen LogP contribution in [0.25, 0.3) is 0 Å². The summed E-state index contributed by atoms with van der Waals surface area (Å²) in [6.45, 7) is 7.91. The molecule has 76 valence electrons. The molecule has 1 saturated heterocycles. The van der Waals surface area contributed by atoms with Gasteiger partial charge in [-0.15, -0.1) is 0 Å². The molecule has 1 atom stereocenters. The van der Waals surface area contributed by atoms with Gasteiger partial charge in [-0.2, -0.15) is 0 Å². The van der Waals surface area contributed by atoms with Crippen LogP contribution in [0.5, 0.6) is 0 Å². The van der Waals surface area contributed by atoms with Gasteiger partial charge >= 0.3 is 0 Å². The van der Waals surface area contributed by atoms with Crippen molar-refractivity contribution in [2.75, 3.05) is 6.54 Å². The maximum absolute atomic E-state index is 11.6. The van der Waals surface area contributed by atoms with Gasteiger partial charge in [-0.25, -0.2) is 0 Å². The molecule has 1 rings (SSSR count). The second-order valence-corrected chi connectivity index (χ2v) is 10.8. The second kappa shape index (κ2) is 4.27. The third-order valence-electron chi connectivity index (χ3n) is 2.51. The summed E-state index contributed by atoms with van der Waals surface area (Å²) in [5.74, 6) is 0.620. The normalized spacial score (nSPS) is 25.2. The van der Waals surface area contributed by atoms with Crippen LogP contribution >= 0.6 is 0 Å². The van der Waals surface area contributed by atoms with E-state index in [-0.39, 0.29) is 0 Å². The maximum Gasteiger partial charge on any atom is 0.222 e. The summed E-state index contributed by atoms with van der Waals surface area (Å²) in [6, 6.07) is 1.15. The van der Waals surface area contributed by atoms with Gasteiger partial charge < -0.3 is 5.32 Å². The van der Waals surface area contributed by atoms with Crippen LogP contribution < -0.4 is 5.32 Å². The summed E-state index contributed by atoms with van der Waals surface area (Å²) >= 11 is 0. The summed E-state index contributed by atoms with van der Waals surface area (Å²) in [5.41, 5.74) is 0. The summed E-state index contributed by atoms with van der Waals surface area (Å²) < 4.78 is 0. The van der Waals surface area contributed by atoms with Gasteiger partial charge in [0, 0.05) is 20.5 Å². The number of hydrogen-bond acceptors (Lipinski definition) is 1. The van der Waals surface area contributed by atoms with E-state index in [1.807, 2.05) is 0 Å². The van der Waals surface area contributed by atoms with Crippen LogP contribution in [0, 0.1) is 5.92 Å². The zero-order chi connectivity index (χ0) is 9.90. The molecule has 0 aliphatic carbocycles. The standard InChI is InChI=1S/C10H21NOSi/c1-13(2,3)8-9-6-4-5-7-11-10(9)12/h9H,4-8H2,1-3H3,(H,11,12). The lowest BCUT2D eigenvalue weighted by molar-refractivity contribution is -0.124. The van der Waals surface area contributed by atoms with Crippen LogP contribution in [0.1, 0.15) is 19.3 Å². The Morgan fingerprint density at radius 2 is 2.08 bits per heavy atom. The molecule has 1 amide bonds. The molecule has 0 aromatic rings. The third-order valence-corrected chi connectivity index (χ3v) is 4.23. The highest BCUT2D eigenvalue weighted by atomic mass is 28.3. The Hall–Kier alpha value is -0.313. The SMILES string of the molecule is C[Si](C)(C)CC1CCCCNC1=O. The van der Waals surface area contributed by atoms with Crippen LogP contribution in [-0.2, 0) is 4.79 Å². The van der Waals surface area contributed by atoms with Crippen molar-refractivity contribution >= 4 is 14.0 Å². The van der Waals surface area contributed by atoms with E-state index in [2.05, 4.69) is 25.0 Å². The lowest BCUT2D eigenvalue weighted by Crippen LogP contribution is -2.34. The number of hydrogen-bond donors (Lipinski definition) is 1. The van der Waals surface area contributed by atoms with E-state index in [1.54, 1.807) is 0 Å². The first-order valence-electron chi connectivity index (χ1n) is 5.27. The molecule has 1 heterocycles. The molecule has 0 saturated carbocycles. The van der Waals surface area contributed by atoms with Crippen molar-refractivity contribution < 1.29 is 4.79 Å². The zero-order valence-electron chi connectivity index (χ0n) is 9.02. The summed E-state index contributed by atoms with van der Waals surface area (Å²) in [7, 11) is -1.07. The van der Waals surface area contributed by atoms with Gasteiger partial charge in [-0.3, -0.25) is 4.79 Å². The van der Waals surface area contributed by atoms with Crippen molar-refractivity contribution in [1.29, 1.82) is 0 Å². The van der Waals surface area contributed by atoms with E-state index in [1.165, 1.54) is 6.42 Å². The van der Waals surface area contributed by atoms with Crippen LogP contribution in [0.15, 0.2) is 0 Å². The average Bonchev–Trinajstić information content (AvgIpc) is 2.14. The van der Waals surface area contributed by atoms with Gasteiger partial charge in [0.15, 0.2) is 0 Å². The van der Waals surface area contributed by atoms with Crippen molar-refractivity contribution in [2.24, 2.45) is 5.92 Å². The van der Waals surface area contributed by atoms with Crippen LogP contribution in [0.2, 0.25) is 25.7 Å². The molecule has 1 fully saturated rings. The molecule has 3 heteroatoms. The fourth-order valence-electron chi connectivity index (χ4n) is 1.94. The molecule has 13 heavy (non-hydrogen) atoms. The van der Waals surface area contributed by atoms with E-state index in [9.17, 15) is 4.79 Å². The topological polar surface area (TPSA) is 29.1 Å². The Balaban J connectivity index is 2.50. The average molecular weight is 199 g/mol. The minimum Gasteiger partial charge on any atom is -0.356 e. The van der Waals surface area contributed by atoms with Gasteiger partial charge in [0.1, 0.15) is 0 Å². The summed E-state index contributed by atoms with van der Waals surface area (Å²) in [5, 5.41) is 3.00. The van der Waals surface area contributed by atoms with Gasteiger partial charge in [0.2, 0.25) is 5.91 Å².